The van der Waals surface area contributed by atoms with Gasteiger partial charge >= 0.3 is 5.97 Å². The molecule has 0 aliphatic heterocycles. The van der Waals surface area contributed by atoms with Gasteiger partial charge in [0.05, 0.1) is 13.2 Å². The minimum absolute atomic E-state index is 0.104. The topological polar surface area (TPSA) is 68.7 Å². The third-order valence-corrected chi connectivity index (χ3v) is 4.00. The number of Topliss-reactive ketones (excluding diaryl/α,β-unsaturated/α-hetero) is 1. The number of aromatic nitrogens is 1. The second-order valence-corrected chi connectivity index (χ2v) is 5.71. The molecule has 1 aromatic heterocycles. The van der Waals surface area contributed by atoms with Gasteiger partial charge < -0.3 is 14.4 Å². The number of esters is 1. The van der Waals surface area contributed by atoms with E-state index in [2.05, 4.69) is 4.98 Å². The number of carbonyl (C=O) groups is 2. The van der Waals surface area contributed by atoms with E-state index in [1.54, 1.807) is 14.0 Å². The molecule has 7 heteroatoms. The van der Waals surface area contributed by atoms with Gasteiger partial charge in [-0.05, 0) is 20.8 Å². The highest BCUT2D eigenvalue weighted by atomic mass is 32.1. The van der Waals surface area contributed by atoms with Crippen LogP contribution in [0.2, 0.25) is 0 Å². The first-order chi connectivity index (χ1) is 9.92. The first-order valence-corrected chi connectivity index (χ1v) is 7.68. The Morgan fingerprint density at radius 2 is 2.05 bits per heavy atom. The molecule has 0 aromatic carbocycles. The van der Waals surface area contributed by atoms with Crippen LogP contribution >= 0.6 is 11.3 Å². The van der Waals surface area contributed by atoms with Crippen molar-refractivity contribution in [3.63, 3.8) is 0 Å². The lowest BCUT2D eigenvalue weighted by Gasteiger charge is -2.25. The summed E-state index contributed by atoms with van der Waals surface area (Å²) in [6.07, 6.45) is 0. The number of thiazole rings is 1. The van der Waals surface area contributed by atoms with Crippen LogP contribution in [0.4, 0.5) is 5.13 Å². The Kier molecular flexibility index (Phi) is 6.77. The summed E-state index contributed by atoms with van der Waals surface area (Å²) >= 11 is 1.22. The quantitative estimate of drug-likeness (QED) is 0.542. The van der Waals surface area contributed by atoms with Crippen LogP contribution in [0.1, 0.15) is 47.9 Å². The van der Waals surface area contributed by atoms with Crippen LogP contribution in [0.3, 0.4) is 0 Å². The number of hydrogen-bond acceptors (Lipinski definition) is 7. The maximum atomic E-state index is 11.9. The second kappa shape index (κ2) is 8.09. The van der Waals surface area contributed by atoms with Crippen molar-refractivity contribution in [3.8, 4) is 0 Å². The molecule has 0 aliphatic rings. The molecule has 118 valence electrons. The lowest BCUT2D eigenvalue weighted by atomic mass is 10.3. The van der Waals surface area contributed by atoms with E-state index >= 15 is 0 Å². The number of ether oxygens (including phenoxy) is 2. The third-order valence-electron chi connectivity index (χ3n) is 2.81. The molecule has 0 unspecified atom stereocenters. The lowest BCUT2D eigenvalue weighted by molar-refractivity contribution is 0.0517. The Morgan fingerprint density at radius 3 is 2.52 bits per heavy atom. The van der Waals surface area contributed by atoms with Crippen LogP contribution in [0.25, 0.3) is 0 Å². The van der Waals surface area contributed by atoms with E-state index in [4.69, 9.17) is 9.47 Å². The molecule has 21 heavy (non-hydrogen) atoms. The first kappa shape index (κ1) is 17.6. The number of hydrogen-bond donors (Lipinski definition) is 0. The summed E-state index contributed by atoms with van der Waals surface area (Å²) < 4.78 is 10.1. The van der Waals surface area contributed by atoms with E-state index < -0.39 is 5.97 Å². The maximum absolute atomic E-state index is 11.9. The summed E-state index contributed by atoms with van der Waals surface area (Å²) in [7, 11) is 1.63. The van der Waals surface area contributed by atoms with Gasteiger partial charge in [0, 0.05) is 26.6 Å². The Morgan fingerprint density at radius 1 is 1.38 bits per heavy atom. The zero-order chi connectivity index (χ0) is 16.0. The molecule has 0 radical (unpaired) electrons. The summed E-state index contributed by atoms with van der Waals surface area (Å²) in [6.45, 7) is 8.62. The molecule has 0 aliphatic carbocycles. The molecule has 0 amide bonds. The number of ketones is 1. The fourth-order valence-corrected chi connectivity index (χ4v) is 2.88. The summed E-state index contributed by atoms with van der Waals surface area (Å²) in [5, 5.41) is 0.635. The van der Waals surface area contributed by atoms with Crippen molar-refractivity contribution in [3.05, 3.63) is 10.6 Å². The van der Waals surface area contributed by atoms with Gasteiger partial charge in [-0.15, -0.1) is 0 Å². The third kappa shape index (κ3) is 4.50. The number of carbonyl (C=O) groups excluding carboxylic acids is 2. The molecule has 0 atom stereocenters. The first-order valence-electron chi connectivity index (χ1n) is 6.86. The summed E-state index contributed by atoms with van der Waals surface area (Å²) in [4.78, 5) is 30.3. The van der Waals surface area contributed by atoms with E-state index in [0.717, 1.165) is 0 Å². The monoisotopic (exact) mass is 314 g/mol. The van der Waals surface area contributed by atoms with E-state index in [0.29, 0.717) is 23.2 Å². The minimum atomic E-state index is -0.555. The van der Waals surface area contributed by atoms with Gasteiger partial charge in [0.25, 0.3) is 0 Å². The summed E-state index contributed by atoms with van der Waals surface area (Å²) in [6, 6.07) is 0.182. The second-order valence-electron chi connectivity index (χ2n) is 4.73. The van der Waals surface area contributed by atoms with Crippen LogP contribution < -0.4 is 4.90 Å². The maximum Gasteiger partial charge on any atom is 0.358 e. The van der Waals surface area contributed by atoms with Crippen LogP contribution in [-0.2, 0) is 9.47 Å². The number of rotatable bonds is 8. The highest BCUT2D eigenvalue weighted by Crippen LogP contribution is 2.28. The van der Waals surface area contributed by atoms with E-state index in [1.165, 1.54) is 18.3 Å². The molecule has 0 fully saturated rings. The molecule has 1 heterocycles. The van der Waals surface area contributed by atoms with Gasteiger partial charge in [-0.25, -0.2) is 9.78 Å². The van der Waals surface area contributed by atoms with E-state index in [-0.39, 0.29) is 24.1 Å². The predicted molar refractivity (Wildman–Crippen MR) is 82.4 cm³/mol. The normalized spacial score (nSPS) is 10.8. The Balaban J connectivity index is 3.15. The van der Waals surface area contributed by atoms with Crippen LogP contribution in [0, 0.1) is 0 Å². The Hall–Kier alpha value is -1.47. The van der Waals surface area contributed by atoms with Crippen molar-refractivity contribution in [1.82, 2.24) is 4.98 Å². The average Bonchev–Trinajstić information content (AvgIpc) is 2.84. The van der Waals surface area contributed by atoms with Crippen molar-refractivity contribution in [2.45, 2.75) is 33.7 Å². The Labute approximate surface area is 129 Å². The molecule has 0 spiro atoms. The average molecular weight is 314 g/mol. The standard InChI is InChI=1S/C14H22N2O4S/c1-6-20-13(18)11-12(10(4)17)21-14(15-11)16(9(2)3)7-8-19-5/h9H,6-8H2,1-5H3. The zero-order valence-corrected chi connectivity index (χ0v) is 14.0. The van der Waals surface area contributed by atoms with Gasteiger partial charge in [0.15, 0.2) is 16.6 Å². The number of anilines is 1. The highest BCUT2D eigenvalue weighted by Gasteiger charge is 2.25. The minimum Gasteiger partial charge on any atom is -0.461 e. The molecule has 0 N–H and O–H groups in total. The van der Waals surface area contributed by atoms with Crippen molar-refractivity contribution < 1.29 is 19.1 Å². The molecule has 0 bridgehead atoms. The highest BCUT2D eigenvalue weighted by molar-refractivity contribution is 7.17. The van der Waals surface area contributed by atoms with Gasteiger partial charge in [0.1, 0.15) is 4.88 Å². The van der Waals surface area contributed by atoms with E-state index in [1.807, 2.05) is 18.7 Å². The van der Waals surface area contributed by atoms with Crippen LogP contribution in [-0.4, -0.2) is 49.6 Å². The van der Waals surface area contributed by atoms with E-state index in [9.17, 15) is 9.59 Å². The number of methoxy groups -OCH3 is 1. The van der Waals surface area contributed by atoms with Crippen LogP contribution in [0.15, 0.2) is 0 Å². The van der Waals surface area contributed by atoms with Gasteiger partial charge in [0.2, 0.25) is 0 Å². The fraction of sp³-hybridized carbons (Fsp3) is 0.643. The molecule has 6 nitrogen and oxygen atoms in total. The zero-order valence-electron chi connectivity index (χ0n) is 13.1. The van der Waals surface area contributed by atoms with Crippen molar-refractivity contribution in [2.24, 2.45) is 0 Å². The molecule has 0 saturated heterocycles. The smallest absolute Gasteiger partial charge is 0.358 e. The molecule has 1 rings (SSSR count). The van der Waals surface area contributed by atoms with Gasteiger partial charge in [-0.1, -0.05) is 11.3 Å². The Bertz CT molecular complexity index is 499. The fourth-order valence-electron chi connectivity index (χ4n) is 1.77. The van der Waals surface area contributed by atoms with Crippen molar-refractivity contribution in [2.75, 3.05) is 31.8 Å². The van der Waals surface area contributed by atoms with Crippen LogP contribution in [0.5, 0.6) is 0 Å². The predicted octanol–water partition coefficient (Wildman–Crippen LogP) is 2.38. The molecular formula is C14H22N2O4S. The van der Waals surface area contributed by atoms with Gasteiger partial charge in [-0.2, -0.15) is 0 Å². The number of nitrogens with zero attached hydrogens (tertiary/aromatic N) is 2. The summed E-state index contributed by atoms with van der Waals surface area (Å²) in [5.74, 6) is -0.738. The van der Waals surface area contributed by atoms with Gasteiger partial charge in [-0.3, -0.25) is 4.79 Å². The van der Waals surface area contributed by atoms with Crippen molar-refractivity contribution in [1.29, 1.82) is 0 Å². The molecule has 0 saturated carbocycles. The SMILES string of the molecule is CCOC(=O)c1nc(N(CCOC)C(C)C)sc1C(C)=O. The van der Waals surface area contributed by atoms with Crippen molar-refractivity contribution >= 4 is 28.2 Å². The summed E-state index contributed by atoms with van der Waals surface area (Å²) in [5.41, 5.74) is 0.104. The molecule has 1 aromatic rings. The lowest BCUT2D eigenvalue weighted by Crippen LogP contribution is -2.33. The molecular weight excluding hydrogens is 292 g/mol. The largest absolute Gasteiger partial charge is 0.461 e.